The van der Waals surface area contributed by atoms with E-state index in [0.717, 1.165) is 0 Å². The number of esters is 1. The third-order valence-corrected chi connectivity index (χ3v) is 2.21. The first-order valence-corrected chi connectivity index (χ1v) is 5.12. The lowest BCUT2D eigenvalue weighted by molar-refractivity contribution is -0.160. The Hall–Kier alpha value is -0.690. The Morgan fingerprint density at radius 2 is 2.12 bits per heavy atom. The van der Waals surface area contributed by atoms with Crippen molar-refractivity contribution in [2.24, 2.45) is 0 Å². The molecule has 0 aliphatic carbocycles. The number of aliphatic hydroxyl groups excluding tert-OH is 1. The van der Waals surface area contributed by atoms with E-state index in [1.165, 1.54) is 14.0 Å². The molecule has 0 heterocycles. The molecule has 0 aliphatic rings. The highest BCUT2D eigenvalue weighted by Gasteiger charge is 2.31. The van der Waals surface area contributed by atoms with Crippen molar-refractivity contribution >= 4 is 5.97 Å². The highest BCUT2D eigenvalue weighted by Crippen LogP contribution is 2.05. The van der Waals surface area contributed by atoms with Crippen LogP contribution in [0.2, 0.25) is 0 Å². The highest BCUT2D eigenvalue weighted by molar-refractivity contribution is 5.78. The standard InChI is InChI=1S/C10H21NO5/c1-10(14,9(13)16-3)7-11-8(4-5-12)6-15-2/h8,11-12,14H,4-7H2,1-3H3. The van der Waals surface area contributed by atoms with E-state index in [4.69, 9.17) is 9.84 Å². The van der Waals surface area contributed by atoms with Crippen molar-refractivity contribution in [2.45, 2.75) is 25.0 Å². The minimum atomic E-state index is -1.57. The van der Waals surface area contributed by atoms with E-state index in [9.17, 15) is 9.90 Å². The van der Waals surface area contributed by atoms with Gasteiger partial charge in [0.2, 0.25) is 0 Å². The van der Waals surface area contributed by atoms with Crippen LogP contribution in [0.1, 0.15) is 13.3 Å². The van der Waals surface area contributed by atoms with Crippen molar-refractivity contribution in [2.75, 3.05) is 34.0 Å². The number of hydrogen-bond donors (Lipinski definition) is 3. The van der Waals surface area contributed by atoms with Gasteiger partial charge in [0.15, 0.2) is 5.60 Å². The fourth-order valence-corrected chi connectivity index (χ4v) is 1.24. The van der Waals surface area contributed by atoms with Crippen molar-refractivity contribution < 1.29 is 24.5 Å². The first-order chi connectivity index (χ1) is 7.47. The van der Waals surface area contributed by atoms with Gasteiger partial charge in [-0.05, 0) is 13.3 Å². The van der Waals surface area contributed by atoms with Gasteiger partial charge in [0, 0.05) is 26.3 Å². The summed E-state index contributed by atoms with van der Waals surface area (Å²) in [4.78, 5) is 11.2. The summed E-state index contributed by atoms with van der Waals surface area (Å²) in [5, 5.41) is 21.5. The van der Waals surface area contributed by atoms with Gasteiger partial charge in [-0.15, -0.1) is 0 Å². The average molecular weight is 235 g/mol. The van der Waals surface area contributed by atoms with Crippen LogP contribution in [-0.4, -0.2) is 61.8 Å². The fraction of sp³-hybridized carbons (Fsp3) is 0.900. The zero-order valence-electron chi connectivity index (χ0n) is 10.0. The molecule has 0 rings (SSSR count). The monoisotopic (exact) mass is 235 g/mol. The summed E-state index contributed by atoms with van der Waals surface area (Å²) in [6.07, 6.45) is 0.491. The van der Waals surface area contributed by atoms with Gasteiger partial charge in [-0.3, -0.25) is 0 Å². The maximum Gasteiger partial charge on any atom is 0.338 e. The Morgan fingerprint density at radius 3 is 2.56 bits per heavy atom. The highest BCUT2D eigenvalue weighted by atomic mass is 16.5. The number of ether oxygens (including phenoxy) is 2. The van der Waals surface area contributed by atoms with Crippen molar-refractivity contribution in [3.05, 3.63) is 0 Å². The number of methoxy groups -OCH3 is 2. The minimum Gasteiger partial charge on any atom is -0.467 e. The van der Waals surface area contributed by atoms with Crippen LogP contribution in [0.25, 0.3) is 0 Å². The molecular formula is C10H21NO5. The summed E-state index contributed by atoms with van der Waals surface area (Å²) in [5.41, 5.74) is -1.57. The Labute approximate surface area is 95.6 Å². The van der Waals surface area contributed by atoms with E-state index < -0.39 is 11.6 Å². The molecule has 0 aliphatic heterocycles. The molecule has 0 saturated heterocycles. The second kappa shape index (κ2) is 7.56. The van der Waals surface area contributed by atoms with Crippen molar-refractivity contribution in [3.8, 4) is 0 Å². The fourth-order valence-electron chi connectivity index (χ4n) is 1.24. The number of carbonyl (C=O) groups is 1. The largest absolute Gasteiger partial charge is 0.467 e. The molecule has 0 aromatic heterocycles. The van der Waals surface area contributed by atoms with Crippen LogP contribution in [-0.2, 0) is 14.3 Å². The van der Waals surface area contributed by atoms with Crippen LogP contribution in [0.5, 0.6) is 0 Å². The summed E-state index contributed by atoms with van der Waals surface area (Å²) in [5.74, 6) is -0.694. The van der Waals surface area contributed by atoms with Crippen LogP contribution in [0.15, 0.2) is 0 Å². The number of carbonyl (C=O) groups excluding carboxylic acids is 1. The third kappa shape index (κ3) is 5.41. The number of aliphatic hydroxyl groups is 2. The minimum absolute atomic E-state index is 0.0153. The van der Waals surface area contributed by atoms with Crippen molar-refractivity contribution in [3.63, 3.8) is 0 Å². The quantitative estimate of drug-likeness (QED) is 0.463. The van der Waals surface area contributed by atoms with E-state index in [1.54, 1.807) is 7.11 Å². The van der Waals surface area contributed by atoms with Gasteiger partial charge >= 0.3 is 5.97 Å². The van der Waals surface area contributed by atoms with Crippen LogP contribution in [0, 0.1) is 0 Å². The van der Waals surface area contributed by atoms with Crippen molar-refractivity contribution in [1.29, 1.82) is 0 Å². The molecule has 0 saturated carbocycles. The third-order valence-electron chi connectivity index (χ3n) is 2.21. The van der Waals surface area contributed by atoms with Gasteiger partial charge < -0.3 is 25.0 Å². The summed E-state index contributed by atoms with van der Waals surface area (Å²) in [7, 11) is 2.77. The van der Waals surface area contributed by atoms with E-state index >= 15 is 0 Å². The molecule has 2 unspecified atom stereocenters. The molecule has 6 heteroatoms. The zero-order chi connectivity index (χ0) is 12.6. The maximum absolute atomic E-state index is 11.2. The molecule has 96 valence electrons. The summed E-state index contributed by atoms with van der Waals surface area (Å²) in [6, 6.07) is -0.105. The smallest absolute Gasteiger partial charge is 0.338 e. The van der Waals surface area contributed by atoms with Gasteiger partial charge in [-0.2, -0.15) is 0 Å². The molecule has 0 aromatic rings. The van der Waals surface area contributed by atoms with Crippen LogP contribution in [0.4, 0.5) is 0 Å². The van der Waals surface area contributed by atoms with E-state index in [2.05, 4.69) is 10.1 Å². The Balaban J connectivity index is 4.12. The molecule has 0 spiro atoms. The predicted octanol–water partition coefficient (Wildman–Crippen LogP) is -1.10. The summed E-state index contributed by atoms with van der Waals surface area (Å²) < 4.78 is 9.39. The van der Waals surface area contributed by atoms with E-state index in [-0.39, 0.29) is 19.2 Å². The predicted molar refractivity (Wildman–Crippen MR) is 58.0 cm³/mol. The molecule has 6 nitrogen and oxygen atoms in total. The molecule has 3 N–H and O–H groups in total. The molecule has 0 amide bonds. The molecular weight excluding hydrogens is 214 g/mol. The Kier molecular flexibility index (Phi) is 7.24. The summed E-state index contributed by atoms with van der Waals surface area (Å²) in [6.45, 7) is 1.83. The van der Waals surface area contributed by atoms with Gasteiger partial charge in [0.25, 0.3) is 0 Å². The zero-order valence-corrected chi connectivity index (χ0v) is 10.0. The van der Waals surface area contributed by atoms with Gasteiger partial charge in [-0.25, -0.2) is 4.79 Å². The van der Waals surface area contributed by atoms with E-state index in [1.807, 2.05) is 0 Å². The number of rotatable bonds is 8. The molecule has 2 atom stereocenters. The van der Waals surface area contributed by atoms with Gasteiger partial charge in [-0.1, -0.05) is 0 Å². The lowest BCUT2D eigenvalue weighted by Crippen LogP contribution is -2.49. The second-order valence-electron chi connectivity index (χ2n) is 3.81. The van der Waals surface area contributed by atoms with Gasteiger partial charge in [0.05, 0.1) is 13.7 Å². The first kappa shape index (κ1) is 15.3. The normalized spacial score (nSPS) is 16.6. The molecule has 0 radical (unpaired) electrons. The molecule has 0 aromatic carbocycles. The molecule has 0 bridgehead atoms. The maximum atomic E-state index is 11.2. The Morgan fingerprint density at radius 1 is 1.50 bits per heavy atom. The van der Waals surface area contributed by atoms with Crippen molar-refractivity contribution in [1.82, 2.24) is 5.32 Å². The summed E-state index contributed by atoms with van der Waals surface area (Å²) >= 11 is 0. The lowest BCUT2D eigenvalue weighted by Gasteiger charge is -2.24. The second-order valence-corrected chi connectivity index (χ2v) is 3.81. The lowest BCUT2D eigenvalue weighted by atomic mass is 10.1. The van der Waals surface area contributed by atoms with Crippen LogP contribution in [0.3, 0.4) is 0 Å². The number of hydrogen-bond acceptors (Lipinski definition) is 6. The van der Waals surface area contributed by atoms with Gasteiger partial charge in [0.1, 0.15) is 0 Å². The van der Waals surface area contributed by atoms with Crippen LogP contribution < -0.4 is 5.32 Å². The topological polar surface area (TPSA) is 88.0 Å². The van der Waals surface area contributed by atoms with Crippen LogP contribution >= 0.6 is 0 Å². The van der Waals surface area contributed by atoms with E-state index in [0.29, 0.717) is 13.0 Å². The Bertz CT molecular complexity index is 201. The number of nitrogens with one attached hydrogen (secondary N) is 1. The first-order valence-electron chi connectivity index (χ1n) is 5.12. The molecule has 16 heavy (non-hydrogen) atoms. The molecule has 0 fully saturated rings. The SMILES string of the molecule is COCC(CCO)NCC(C)(O)C(=O)OC. The average Bonchev–Trinajstić information content (AvgIpc) is 2.25.